The molecule has 19 heavy (non-hydrogen) atoms. The lowest BCUT2D eigenvalue weighted by atomic mass is 10.1. The smallest absolute Gasteiger partial charge is 0.161 e. The van der Waals surface area contributed by atoms with Gasteiger partial charge in [0.15, 0.2) is 11.5 Å². The fourth-order valence-corrected chi connectivity index (χ4v) is 2.44. The van der Waals surface area contributed by atoms with E-state index in [4.69, 9.17) is 9.47 Å². The van der Waals surface area contributed by atoms with Crippen LogP contribution >= 0.6 is 0 Å². The van der Waals surface area contributed by atoms with Crippen molar-refractivity contribution < 1.29 is 9.47 Å². The molecule has 1 unspecified atom stereocenters. The molecule has 3 rings (SSSR count). The minimum Gasteiger partial charge on any atom is -0.493 e. The van der Waals surface area contributed by atoms with Gasteiger partial charge in [-0.05, 0) is 23.3 Å². The Hall–Kier alpha value is -2.00. The SMILES string of the molecule is COc1ccccc1OCC1NCc2ccccc21. The van der Waals surface area contributed by atoms with Crippen LogP contribution in [0.1, 0.15) is 17.2 Å². The lowest BCUT2D eigenvalue weighted by molar-refractivity contribution is 0.259. The van der Waals surface area contributed by atoms with Crippen molar-refractivity contribution in [3.8, 4) is 11.5 Å². The molecule has 2 aromatic rings. The summed E-state index contributed by atoms with van der Waals surface area (Å²) in [5, 5.41) is 3.46. The zero-order valence-corrected chi connectivity index (χ0v) is 10.9. The van der Waals surface area contributed by atoms with Gasteiger partial charge in [-0.3, -0.25) is 0 Å². The van der Waals surface area contributed by atoms with E-state index in [0.717, 1.165) is 18.0 Å². The van der Waals surface area contributed by atoms with Crippen LogP contribution in [0.4, 0.5) is 0 Å². The Bertz CT molecular complexity index is 568. The summed E-state index contributed by atoms with van der Waals surface area (Å²) in [6.45, 7) is 1.52. The maximum Gasteiger partial charge on any atom is 0.161 e. The van der Waals surface area contributed by atoms with Crippen LogP contribution in [0.2, 0.25) is 0 Å². The van der Waals surface area contributed by atoms with Gasteiger partial charge in [0.1, 0.15) is 6.61 Å². The Labute approximate surface area is 113 Å². The Balaban J connectivity index is 1.71. The second-order valence-electron chi connectivity index (χ2n) is 4.59. The third-order valence-electron chi connectivity index (χ3n) is 3.44. The molecule has 98 valence electrons. The fourth-order valence-electron chi connectivity index (χ4n) is 2.44. The number of hydrogen-bond donors (Lipinski definition) is 1. The van der Waals surface area contributed by atoms with Crippen LogP contribution in [0.15, 0.2) is 48.5 Å². The number of para-hydroxylation sites is 2. The first-order valence-electron chi connectivity index (χ1n) is 6.45. The zero-order valence-electron chi connectivity index (χ0n) is 10.9. The third kappa shape index (κ3) is 2.42. The van der Waals surface area contributed by atoms with Gasteiger partial charge in [-0.25, -0.2) is 0 Å². The number of nitrogens with one attached hydrogen (secondary N) is 1. The van der Waals surface area contributed by atoms with Gasteiger partial charge in [-0.15, -0.1) is 0 Å². The van der Waals surface area contributed by atoms with Crippen LogP contribution in [0.3, 0.4) is 0 Å². The minimum atomic E-state index is 0.251. The van der Waals surface area contributed by atoms with Gasteiger partial charge in [-0.2, -0.15) is 0 Å². The van der Waals surface area contributed by atoms with E-state index in [0.29, 0.717) is 6.61 Å². The van der Waals surface area contributed by atoms with Gasteiger partial charge in [0.25, 0.3) is 0 Å². The van der Waals surface area contributed by atoms with E-state index in [1.807, 2.05) is 24.3 Å². The topological polar surface area (TPSA) is 30.5 Å². The van der Waals surface area contributed by atoms with E-state index in [1.165, 1.54) is 11.1 Å². The predicted molar refractivity (Wildman–Crippen MR) is 74.5 cm³/mol. The first-order valence-corrected chi connectivity index (χ1v) is 6.45. The molecule has 0 saturated heterocycles. The highest BCUT2D eigenvalue weighted by Crippen LogP contribution is 2.29. The van der Waals surface area contributed by atoms with Crippen molar-refractivity contribution in [1.29, 1.82) is 0 Å². The van der Waals surface area contributed by atoms with Crippen LogP contribution in [0.25, 0.3) is 0 Å². The molecule has 0 aromatic heterocycles. The molecule has 1 atom stereocenters. The zero-order chi connectivity index (χ0) is 13.1. The van der Waals surface area contributed by atoms with E-state index in [9.17, 15) is 0 Å². The highest BCUT2D eigenvalue weighted by Gasteiger charge is 2.21. The molecular weight excluding hydrogens is 238 g/mol. The maximum absolute atomic E-state index is 5.88. The summed E-state index contributed by atoms with van der Waals surface area (Å²) in [6.07, 6.45) is 0. The first-order chi connectivity index (χ1) is 9.38. The van der Waals surface area contributed by atoms with Crippen molar-refractivity contribution in [1.82, 2.24) is 5.32 Å². The van der Waals surface area contributed by atoms with E-state index >= 15 is 0 Å². The molecule has 0 aliphatic carbocycles. The van der Waals surface area contributed by atoms with Gasteiger partial charge < -0.3 is 14.8 Å². The van der Waals surface area contributed by atoms with E-state index in [2.05, 4.69) is 29.6 Å². The molecule has 0 amide bonds. The van der Waals surface area contributed by atoms with Crippen LogP contribution in [0, 0.1) is 0 Å². The van der Waals surface area contributed by atoms with Crippen molar-refractivity contribution >= 4 is 0 Å². The molecule has 0 bridgehead atoms. The Morgan fingerprint density at radius 2 is 1.79 bits per heavy atom. The molecule has 0 spiro atoms. The molecule has 2 aromatic carbocycles. The quantitative estimate of drug-likeness (QED) is 0.911. The number of rotatable bonds is 4. The third-order valence-corrected chi connectivity index (χ3v) is 3.44. The Kier molecular flexibility index (Phi) is 3.38. The van der Waals surface area contributed by atoms with Crippen LogP contribution < -0.4 is 14.8 Å². The highest BCUT2D eigenvalue weighted by atomic mass is 16.5. The molecule has 1 heterocycles. The molecular formula is C16H17NO2. The summed E-state index contributed by atoms with van der Waals surface area (Å²) in [7, 11) is 1.66. The Morgan fingerprint density at radius 1 is 1.05 bits per heavy atom. The summed E-state index contributed by atoms with van der Waals surface area (Å²) in [4.78, 5) is 0. The molecule has 0 saturated carbocycles. The second kappa shape index (κ2) is 5.33. The second-order valence-corrected chi connectivity index (χ2v) is 4.59. The Morgan fingerprint density at radius 3 is 2.63 bits per heavy atom. The van der Waals surface area contributed by atoms with Crippen LogP contribution in [-0.2, 0) is 6.54 Å². The highest BCUT2D eigenvalue weighted by molar-refractivity contribution is 5.40. The lowest BCUT2D eigenvalue weighted by Crippen LogP contribution is -2.19. The number of ether oxygens (including phenoxy) is 2. The minimum absolute atomic E-state index is 0.251. The molecule has 3 nitrogen and oxygen atoms in total. The van der Waals surface area contributed by atoms with Crippen LogP contribution in [0.5, 0.6) is 11.5 Å². The van der Waals surface area contributed by atoms with Crippen molar-refractivity contribution in [3.05, 3.63) is 59.7 Å². The fraction of sp³-hybridized carbons (Fsp3) is 0.250. The van der Waals surface area contributed by atoms with Gasteiger partial charge in [0, 0.05) is 6.54 Å². The lowest BCUT2D eigenvalue weighted by Gasteiger charge is -2.15. The van der Waals surface area contributed by atoms with Crippen LogP contribution in [-0.4, -0.2) is 13.7 Å². The molecule has 1 aliphatic rings. The van der Waals surface area contributed by atoms with Crippen molar-refractivity contribution in [3.63, 3.8) is 0 Å². The summed E-state index contributed by atoms with van der Waals surface area (Å²) >= 11 is 0. The van der Waals surface area contributed by atoms with Gasteiger partial charge >= 0.3 is 0 Å². The molecule has 3 heteroatoms. The molecule has 1 aliphatic heterocycles. The normalized spacial score (nSPS) is 17.0. The summed E-state index contributed by atoms with van der Waals surface area (Å²) in [5.74, 6) is 1.56. The van der Waals surface area contributed by atoms with E-state index < -0.39 is 0 Å². The van der Waals surface area contributed by atoms with E-state index in [-0.39, 0.29) is 6.04 Å². The van der Waals surface area contributed by atoms with Gasteiger partial charge in [0.05, 0.1) is 13.2 Å². The molecule has 1 N–H and O–H groups in total. The number of methoxy groups -OCH3 is 1. The van der Waals surface area contributed by atoms with Crippen molar-refractivity contribution in [2.24, 2.45) is 0 Å². The first kappa shape index (κ1) is 12.1. The number of benzene rings is 2. The summed E-state index contributed by atoms with van der Waals surface area (Å²) in [5.41, 5.74) is 2.69. The average molecular weight is 255 g/mol. The standard InChI is InChI=1S/C16H17NO2/c1-18-15-8-4-5-9-16(15)19-11-14-13-7-3-2-6-12(13)10-17-14/h2-9,14,17H,10-11H2,1H3. The maximum atomic E-state index is 5.88. The largest absolute Gasteiger partial charge is 0.493 e. The van der Waals surface area contributed by atoms with E-state index in [1.54, 1.807) is 7.11 Å². The van der Waals surface area contributed by atoms with Gasteiger partial charge in [0.2, 0.25) is 0 Å². The summed E-state index contributed by atoms with van der Waals surface area (Å²) < 4.78 is 11.2. The number of hydrogen-bond acceptors (Lipinski definition) is 3. The van der Waals surface area contributed by atoms with Gasteiger partial charge in [-0.1, -0.05) is 36.4 Å². The predicted octanol–water partition coefficient (Wildman–Crippen LogP) is 2.92. The average Bonchev–Trinajstić information content (AvgIpc) is 2.89. The van der Waals surface area contributed by atoms with Crippen molar-refractivity contribution in [2.75, 3.05) is 13.7 Å². The van der Waals surface area contributed by atoms with Crippen molar-refractivity contribution in [2.45, 2.75) is 12.6 Å². The monoisotopic (exact) mass is 255 g/mol. The molecule has 0 radical (unpaired) electrons. The summed E-state index contributed by atoms with van der Waals surface area (Å²) in [6, 6.07) is 16.4. The number of fused-ring (bicyclic) bond motifs is 1. The molecule has 0 fully saturated rings.